The predicted octanol–water partition coefficient (Wildman–Crippen LogP) is 2.65. The van der Waals surface area contributed by atoms with Crippen molar-refractivity contribution in [2.75, 3.05) is 18.1 Å². The van der Waals surface area contributed by atoms with Crippen LogP contribution in [0.5, 0.6) is 0 Å². The summed E-state index contributed by atoms with van der Waals surface area (Å²) >= 11 is 0. The molecule has 0 aromatic carbocycles. The monoisotopic (exact) mass is 298 g/mol. The number of sulfone groups is 1. The van der Waals surface area contributed by atoms with E-state index in [0.29, 0.717) is 6.42 Å². The van der Waals surface area contributed by atoms with Crippen LogP contribution in [0.15, 0.2) is 18.5 Å². The number of pyridine rings is 1. The summed E-state index contributed by atoms with van der Waals surface area (Å²) in [6.45, 7) is 6.83. The Kier molecular flexibility index (Phi) is 7.16. The maximum absolute atomic E-state index is 11.6. The second-order valence-electron chi connectivity index (χ2n) is 5.12. The normalized spacial score (nSPS) is 13.3. The molecular formula is C15H26N2O2S. The summed E-state index contributed by atoms with van der Waals surface area (Å²) in [6, 6.07) is 2.19. The van der Waals surface area contributed by atoms with Gasteiger partial charge in [0.05, 0.1) is 5.75 Å². The molecule has 0 saturated heterocycles. The van der Waals surface area contributed by atoms with E-state index in [2.05, 4.69) is 24.1 Å². The van der Waals surface area contributed by atoms with Gasteiger partial charge in [-0.2, -0.15) is 0 Å². The van der Waals surface area contributed by atoms with Gasteiger partial charge in [0.2, 0.25) is 0 Å². The lowest BCUT2D eigenvalue weighted by Crippen LogP contribution is -2.24. The van der Waals surface area contributed by atoms with Crippen LogP contribution in [0.2, 0.25) is 0 Å². The molecule has 4 nitrogen and oxygen atoms in total. The number of rotatable bonds is 9. The third-order valence-corrected chi connectivity index (χ3v) is 5.27. The number of aromatic nitrogens is 1. The summed E-state index contributed by atoms with van der Waals surface area (Å²) in [5, 5.41) is 3.50. The SMILES string of the molecule is CCCNC(CCCS(=O)(=O)CC)c1cnccc1C. The Morgan fingerprint density at radius 1 is 1.35 bits per heavy atom. The topological polar surface area (TPSA) is 59.1 Å². The maximum Gasteiger partial charge on any atom is 0.150 e. The van der Waals surface area contributed by atoms with Gasteiger partial charge in [-0.1, -0.05) is 13.8 Å². The largest absolute Gasteiger partial charge is 0.310 e. The maximum atomic E-state index is 11.6. The second-order valence-corrected chi connectivity index (χ2v) is 7.59. The lowest BCUT2D eigenvalue weighted by molar-refractivity contribution is 0.489. The van der Waals surface area contributed by atoms with E-state index in [1.165, 1.54) is 11.1 Å². The third kappa shape index (κ3) is 5.59. The number of nitrogens with zero attached hydrogens (tertiary/aromatic N) is 1. The lowest BCUT2D eigenvalue weighted by Gasteiger charge is -2.20. The highest BCUT2D eigenvalue weighted by Gasteiger charge is 2.15. The Morgan fingerprint density at radius 3 is 2.70 bits per heavy atom. The minimum absolute atomic E-state index is 0.190. The minimum Gasteiger partial charge on any atom is -0.310 e. The summed E-state index contributed by atoms with van der Waals surface area (Å²) in [7, 11) is -2.87. The summed E-state index contributed by atoms with van der Waals surface area (Å²) in [4.78, 5) is 4.19. The molecule has 5 heteroatoms. The molecule has 1 heterocycles. The molecule has 0 aliphatic rings. The quantitative estimate of drug-likeness (QED) is 0.761. The summed E-state index contributed by atoms with van der Waals surface area (Å²) in [5.41, 5.74) is 2.38. The lowest BCUT2D eigenvalue weighted by atomic mass is 10.00. The van der Waals surface area contributed by atoms with Gasteiger partial charge in [0, 0.05) is 24.2 Å². The fourth-order valence-corrected chi connectivity index (χ4v) is 3.07. The van der Waals surface area contributed by atoms with Gasteiger partial charge in [-0.25, -0.2) is 8.42 Å². The van der Waals surface area contributed by atoms with Crippen molar-refractivity contribution in [3.63, 3.8) is 0 Å². The van der Waals surface area contributed by atoms with Gasteiger partial charge in [-0.3, -0.25) is 4.98 Å². The molecule has 0 fully saturated rings. The molecule has 0 saturated carbocycles. The first-order valence-corrected chi connectivity index (χ1v) is 9.16. The van der Waals surface area contributed by atoms with Crippen molar-refractivity contribution in [2.24, 2.45) is 0 Å². The standard InChI is InChI=1S/C15H26N2O2S/c1-4-9-17-15(7-6-11-20(18,19)5-2)14-12-16-10-8-13(14)3/h8,10,12,15,17H,4-7,9,11H2,1-3H3. The number of nitrogens with one attached hydrogen (secondary N) is 1. The predicted molar refractivity (Wildman–Crippen MR) is 83.6 cm³/mol. The van der Waals surface area contributed by atoms with Gasteiger partial charge >= 0.3 is 0 Å². The van der Waals surface area contributed by atoms with Crippen molar-refractivity contribution >= 4 is 9.84 Å². The van der Waals surface area contributed by atoms with E-state index in [9.17, 15) is 8.42 Å². The first-order chi connectivity index (χ1) is 9.50. The van der Waals surface area contributed by atoms with Crippen LogP contribution in [0, 0.1) is 6.92 Å². The highest BCUT2D eigenvalue weighted by molar-refractivity contribution is 7.91. The second kappa shape index (κ2) is 8.37. The summed E-state index contributed by atoms with van der Waals surface area (Å²) in [6.07, 6.45) is 6.24. The first-order valence-electron chi connectivity index (χ1n) is 7.34. The van der Waals surface area contributed by atoms with Gasteiger partial charge in [0.1, 0.15) is 9.84 Å². The third-order valence-electron chi connectivity index (χ3n) is 3.48. The van der Waals surface area contributed by atoms with Crippen LogP contribution in [-0.2, 0) is 9.84 Å². The Balaban J connectivity index is 2.68. The van der Waals surface area contributed by atoms with Crippen LogP contribution in [0.1, 0.15) is 50.3 Å². The van der Waals surface area contributed by atoms with E-state index < -0.39 is 9.84 Å². The molecule has 0 spiro atoms. The van der Waals surface area contributed by atoms with Crippen LogP contribution in [0.3, 0.4) is 0 Å². The average molecular weight is 298 g/mol. The Bertz CT molecular complexity index is 500. The van der Waals surface area contributed by atoms with Crippen LogP contribution in [-0.4, -0.2) is 31.5 Å². The zero-order chi connectivity index (χ0) is 15.0. The van der Waals surface area contributed by atoms with E-state index in [1.807, 2.05) is 12.3 Å². The van der Waals surface area contributed by atoms with Gasteiger partial charge in [0.25, 0.3) is 0 Å². The highest BCUT2D eigenvalue weighted by Crippen LogP contribution is 2.21. The van der Waals surface area contributed by atoms with Gasteiger partial charge < -0.3 is 5.32 Å². The Morgan fingerprint density at radius 2 is 2.10 bits per heavy atom. The molecule has 1 atom stereocenters. The summed E-state index contributed by atoms with van der Waals surface area (Å²) in [5.74, 6) is 0.499. The first kappa shape index (κ1) is 17.1. The van der Waals surface area contributed by atoms with E-state index in [4.69, 9.17) is 0 Å². The zero-order valence-electron chi connectivity index (χ0n) is 12.7. The molecule has 20 heavy (non-hydrogen) atoms. The molecule has 0 aliphatic heterocycles. The van der Waals surface area contributed by atoms with Gasteiger partial charge in [-0.15, -0.1) is 0 Å². The number of hydrogen-bond acceptors (Lipinski definition) is 4. The van der Waals surface area contributed by atoms with Gasteiger partial charge in [-0.05, 0) is 49.9 Å². The Hall–Kier alpha value is -0.940. The molecule has 1 aromatic rings. The molecule has 1 rings (SSSR count). The number of aryl methyl sites for hydroxylation is 1. The van der Waals surface area contributed by atoms with Crippen molar-refractivity contribution in [1.82, 2.24) is 10.3 Å². The molecule has 114 valence electrons. The van der Waals surface area contributed by atoms with E-state index in [1.54, 1.807) is 13.1 Å². The average Bonchev–Trinajstić information content (AvgIpc) is 2.43. The molecule has 0 radical (unpaired) electrons. The molecule has 0 amide bonds. The van der Waals surface area contributed by atoms with E-state index in [-0.39, 0.29) is 17.5 Å². The minimum atomic E-state index is -2.87. The smallest absolute Gasteiger partial charge is 0.150 e. The van der Waals surface area contributed by atoms with Crippen LogP contribution in [0.25, 0.3) is 0 Å². The van der Waals surface area contributed by atoms with Crippen molar-refractivity contribution in [2.45, 2.75) is 46.1 Å². The molecular weight excluding hydrogens is 272 g/mol. The van der Waals surface area contributed by atoms with E-state index >= 15 is 0 Å². The van der Waals surface area contributed by atoms with Crippen LogP contribution < -0.4 is 5.32 Å². The molecule has 1 unspecified atom stereocenters. The fourth-order valence-electron chi connectivity index (χ4n) is 2.18. The van der Waals surface area contributed by atoms with Crippen LogP contribution in [0.4, 0.5) is 0 Å². The fraction of sp³-hybridized carbons (Fsp3) is 0.667. The molecule has 1 aromatic heterocycles. The molecule has 0 aliphatic carbocycles. The summed E-state index contributed by atoms with van der Waals surface area (Å²) < 4.78 is 23.1. The number of hydrogen-bond donors (Lipinski definition) is 1. The van der Waals surface area contributed by atoms with Gasteiger partial charge in [0.15, 0.2) is 0 Å². The molecule has 0 bridgehead atoms. The van der Waals surface area contributed by atoms with Crippen molar-refractivity contribution in [3.05, 3.63) is 29.6 Å². The Labute approximate surface area is 122 Å². The van der Waals surface area contributed by atoms with Crippen molar-refractivity contribution < 1.29 is 8.42 Å². The van der Waals surface area contributed by atoms with Crippen molar-refractivity contribution in [3.8, 4) is 0 Å². The van der Waals surface area contributed by atoms with Crippen LogP contribution >= 0.6 is 0 Å². The van der Waals surface area contributed by atoms with Crippen molar-refractivity contribution in [1.29, 1.82) is 0 Å². The zero-order valence-corrected chi connectivity index (χ0v) is 13.5. The molecule has 1 N–H and O–H groups in total. The van der Waals surface area contributed by atoms with E-state index in [0.717, 1.165) is 19.4 Å². The highest BCUT2D eigenvalue weighted by atomic mass is 32.2.